The van der Waals surface area contributed by atoms with Gasteiger partial charge in [0.25, 0.3) is 0 Å². The van der Waals surface area contributed by atoms with Gasteiger partial charge < -0.3 is 20.1 Å². The Morgan fingerprint density at radius 3 is 2.60 bits per heavy atom. The summed E-state index contributed by atoms with van der Waals surface area (Å²) >= 11 is 0. The number of amides is 2. The highest BCUT2D eigenvalue weighted by Crippen LogP contribution is 2.31. The Morgan fingerprint density at radius 2 is 1.96 bits per heavy atom. The summed E-state index contributed by atoms with van der Waals surface area (Å²) in [5.74, 6) is -0.127. The molecule has 7 heteroatoms. The van der Waals surface area contributed by atoms with Crippen LogP contribution in [0.5, 0.6) is 5.75 Å². The molecule has 25 heavy (non-hydrogen) atoms. The number of hydrogen-bond acceptors (Lipinski definition) is 4. The van der Waals surface area contributed by atoms with Gasteiger partial charge in [0, 0.05) is 19.5 Å². The minimum absolute atomic E-state index is 0.0711. The lowest BCUT2D eigenvalue weighted by Gasteiger charge is -2.16. The van der Waals surface area contributed by atoms with Crippen LogP contribution < -0.4 is 10.1 Å². The van der Waals surface area contributed by atoms with Gasteiger partial charge in [0.2, 0.25) is 11.8 Å². The van der Waals surface area contributed by atoms with Crippen molar-refractivity contribution in [2.45, 2.75) is 19.3 Å². The van der Waals surface area contributed by atoms with Gasteiger partial charge in [0.1, 0.15) is 12.4 Å². The van der Waals surface area contributed by atoms with Gasteiger partial charge in [-0.15, -0.1) is 0 Å². The fraction of sp³-hybridized carbons (Fsp3) is 0.500. The molecule has 0 radical (unpaired) electrons. The quantitative estimate of drug-likeness (QED) is 0.688. The van der Waals surface area contributed by atoms with E-state index in [-0.39, 0.29) is 36.3 Å². The molecule has 0 bridgehead atoms. The van der Waals surface area contributed by atoms with Crippen LogP contribution in [0.3, 0.4) is 0 Å². The number of rotatable bonds is 8. The zero-order chi connectivity index (χ0) is 17.8. The molecule has 7 nitrogen and oxygen atoms in total. The van der Waals surface area contributed by atoms with Gasteiger partial charge in [-0.3, -0.25) is 9.59 Å². The van der Waals surface area contributed by atoms with E-state index >= 15 is 0 Å². The van der Waals surface area contributed by atoms with Gasteiger partial charge in [0.05, 0.1) is 18.0 Å². The summed E-state index contributed by atoms with van der Waals surface area (Å²) in [5, 5.41) is 11.6. The number of nitrogens with zero attached hydrogens (tertiary/aromatic N) is 1. The molecule has 1 heterocycles. The minimum Gasteiger partial charge on any atom is -0.492 e. The number of carboxylic acids is 1. The molecule has 1 aliphatic heterocycles. The normalized spacial score (nSPS) is 19.8. The largest absolute Gasteiger partial charge is 0.492 e. The monoisotopic (exact) mass is 346 g/mol. The van der Waals surface area contributed by atoms with Crippen LogP contribution in [0.25, 0.3) is 0 Å². The van der Waals surface area contributed by atoms with Crippen LogP contribution in [-0.2, 0) is 9.59 Å². The lowest BCUT2D eigenvalue weighted by Crippen LogP contribution is -2.35. The first-order valence-corrected chi connectivity index (χ1v) is 8.54. The topological polar surface area (TPSA) is 95.9 Å². The van der Waals surface area contributed by atoms with Crippen LogP contribution in [-0.4, -0.2) is 54.0 Å². The van der Waals surface area contributed by atoms with Gasteiger partial charge in [-0.1, -0.05) is 0 Å². The Labute approximate surface area is 146 Å². The van der Waals surface area contributed by atoms with Crippen molar-refractivity contribution in [3.05, 3.63) is 29.8 Å². The number of ether oxygens (including phenoxy) is 1. The third-order valence-corrected chi connectivity index (χ3v) is 4.53. The molecular weight excluding hydrogens is 324 g/mol. The fourth-order valence-electron chi connectivity index (χ4n) is 2.92. The predicted molar refractivity (Wildman–Crippen MR) is 89.3 cm³/mol. The molecule has 1 aromatic rings. The van der Waals surface area contributed by atoms with Crippen molar-refractivity contribution < 1.29 is 24.2 Å². The molecule has 1 aliphatic carbocycles. The maximum absolute atomic E-state index is 12.2. The van der Waals surface area contributed by atoms with Gasteiger partial charge in [-0.05, 0) is 43.0 Å². The summed E-state index contributed by atoms with van der Waals surface area (Å²) in [5.41, 5.74) is 0.197. The molecule has 3 rings (SSSR count). The Morgan fingerprint density at radius 1 is 1.24 bits per heavy atom. The van der Waals surface area contributed by atoms with Crippen LogP contribution in [0.1, 0.15) is 29.6 Å². The number of carbonyl (C=O) groups is 3. The Bertz CT molecular complexity index is 654. The number of likely N-dealkylation sites (tertiary alicyclic amines) is 1. The van der Waals surface area contributed by atoms with Crippen molar-refractivity contribution in [1.82, 2.24) is 10.2 Å². The molecule has 1 atom stereocenters. The van der Waals surface area contributed by atoms with Gasteiger partial charge in [-0.2, -0.15) is 0 Å². The molecule has 0 spiro atoms. The summed E-state index contributed by atoms with van der Waals surface area (Å²) in [4.78, 5) is 36.7. The van der Waals surface area contributed by atoms with Crippen LogP contribution >= 0.6 is 0 Å². The average Bonchev–Trinajstić information content (AvgIpc) is 3.34. The smallest absolute Gasteiger partial charge is 0.335 e. The second-order valence-electron chi connectivity index (χ2n) is 6.61. The van der Waals surface area contributed by atoms with E-state index in [1.54, 1.807) is 12.1 Å². The zero-order valence-electron chi connectivity index (χ0n) is 13.9. The van der Waals surface area contributed by atoms with Crippen molar-refractivity contribution in [3.63, 3.8) is 0 Å². The Balaban J connectivity index is 1.36. The van der Waals surface area contributed by atoms with E-state index < -0.39 is 5.97 Å². The third kappa shape index (κ3) is 4.71. The first kappa shape index (κ1) is 17.3. The van der Waals surface area contributed by atoms with E-state index in [0.717, 1.165) is 6.54 Å². The number of nitrogens with one attached hydrogen (secondary N) is 1. The third-order valence-electron chi connectivity index (χ3n) is 4.53. The Kier molecular flexibility index (Phi) is 5.21. The van der Waals surface area contributed by atoms with Crippen LogP contribution in [0.4, 0.5) is 0 Å². The molecular formula is C18H22N2O5. The maximum Gasteiger partial charge on any atom is 0.335 e. The maximum atomic E-state index is 12.2. The average molecular weight is 346 g/mol. The lowest BCUT2D eigenvalue weighted by molar-refractivity contribution is -0.129. The van der Waals surface area contributed by atoms with Gasteiger partial charge in [0.15, 0.2) is 0 Å². The van der Waals surface area contributed by atoms with E-state index in [1.165, 1.54) is 25.0 Å². The SMILES string of the molecule is O=C(O)c1ccc(OCCNC(=O)[C@H]2CC(=O)N(CC3CC3)C2)cc1. The molecule has 134 valence electrons. The van der Waals surface area contributed by atoms with Gasteiger partial charge >= 0.3 is 5.97 Å². The molecule has 0 aromatic heterocycles. The minimum atomic E-state index is -0.986. The van der Waals surface area contributed by atoms with Crippen molar-refractivity contribution in [2.75, 3.05) is 26.2 Å². The van der Waals surface area contributed by atoms with Crippen LogP contribution in [0.2, 0.25) is 0 Å². The summed E-state index contributed by atoms with van der Waals surface area (Å²) in [6.07, 6.45) is 2.66. The van der Waals surface area contributed by atoms with E-state index in [2.05, 4.69) is 5.32 Å². The van der Waals surface area contributed by atoms with Crippen molar-refractivity contribution in [3.8, 4) is 5.75 Å². The molecule has 1 aromatic carbocycles. The number of hydrogen-bond donors (Lipinski definition) is 2. The number of aromatic carboxylic acids is 1. The van der Waals surface area contributed by atoms with Crippen molar-refractivity contribution in [2.24, 2.45) is 11.8 Å². The highest BCUT2D eigenvalue weighted by atomic mass is 16.5. The first-order valence-electron chi connectivity index (χ1n) is 8.54. The lowest BCUT2D eigenvalue weighted by atomic mass is 10.1. The van der Waals surface area contributed by atoms with Crippen LogP contribution in [0, 0.1) is 11.8 Å². The van der Waals surface area contributed by atoms with Crippen molar-refractivity contribution in [1.29, 1.82) is 0 Å². The predicted octanol–water partition coefficient (Wildman–Crippen LogP) is 1.14. The molecule has 2 amide bonds. The first-order chi connectivity index (χ1) is 12.0. The summed E-state index contributed by atoms with van der Waals surface area (Å²) < 4.78 is 5.47. The molecule has 1 saturated carbocycles. The van der Waals surface area contributed by atoms with Gasteiger partial charge in [-0.25, -0.2) is 4.79 Å². The van der Waals surface area contributed by atoms with E-state index in [0.29, 0.717) is 24.8 Å². The van der Waals surface area contributed by atoms with E-state index in [9.17, 15) is 14.4 Å². The number of carbonyl (C=O) groups excluding carboxylic acids is 2. The van der Waals surface area contributed by atoms with E-state index in [1.807, 2.05) is 4.90 Å². The second kappa shape index (κ2) is 7.55. The molecule has 2 aliphatic rings. The molecule has 2 N–H and O–H groups in total. The standard InChI is InChI=1S/C18H22N2O5/c21-16-9-14(11-20(16)10-12-1-2-12)17(22)19-7-8-25-15-5-3-13(4-6-15)18(23)24/h3-6,12,14H,1-2,7-11H2,(H,19,22)(H,23,24)/t14-/m0/s1. The molecule has 2 fully saturated rings. The molecule has 1 saturated heterocycles. The summed E-state index contributed by atoms with van der Waals surface area (Å²) in [7, 11) is 0. The highest BCUT2D eigenvalue weighted by Gasteiger charge is 2.36. The Hall–Kier alpha value is -2.57. The zero-order valence-corrected chi connectivity index (χ0v) is 13.9. The fourth-order valence-corrected chi connectivity index (χ4v) is 2.92. The van der Waals surface area contributed by atoms with Crippen LogP contribution in [0.15, 0.2) is 24.3 Å². The second-order valence-corrected chi connectivity index (χ2v) is 6.61. The number of carboxylic acid groups (broad SMARTS) is 1. The molecule has 0 unspecified atom stereocenters. The highest BCUT2D eigenvalue weighted by molar-refractivity contribution is 5.89. The summed E-state index contributed by atoms with van der Waals surface area (Å²) in [6.45, 7) is 1.92. The van der Waals surface area contributed by atoms with E-state index in [4.69, 9.17) is 9.84 Å². The van der Waals surface area contributed by atoms with Crippen molar-refractivity contribution >= 4 is 17.8 Å². The summed E-state index contributed by atoms with van der Waals surface area (Å²) in [6, 6.07) is 6.09. The number of benzene rings is 1.